The molecule has 0 radical (unpaired) electrons. The van der Waals surface area contributed by atoms with Crippen molar-refractivity contribution in [1.29, 1.82) is 0 Å². The number of hydrogen-bond donors (Lipinski definition) is 0. The molecule has 0 aromatic rings. The summed E-state index contributed by atoms with van der Waals surface area (Å²) >= 11 is 0. The van der Waals surface area contributed by atoms with Gasteiger partial charge in [0.1, 0.15) is 0 Å². The van der Waals surface area contributed by atoms with E-state index in [0.717, 1.165) is 12.8 Å². The van der Waals surface area contributed by atoms with Gasteiger partial charge in [0.15, 0.2) is 0 Å². The average molecular weight is 474 g/mol. The zero-order chi connectivity index (χ0) is 20.5. The van der Waals surface area contributed by atoms with Crippen LogP contribution in [0.4, 0.5) is 0 Å². The zero-order valence-electron chi connectivity index (χ0n) is 20.0. The van der Waals surface area contributed by atoms with Crippen LogP contribution in [0.3, 0.4) is 0 Å². The largest absolute Gasteiger partial charge is 2.00 e. The summed E-state index contributed by atoms with van der Waals surface area (Å²) in [7, 11) is 0. The first-order chi connectivity index (χ1) is 13.7. The number of hydrogen-bond acceptors (Lipinski definition) is 0. The fourth-order valence-corrected chi connectivity index (χ4v) is 3.83. The normalized spacial score (nSPS) is 15.0. The molecule has 0 fully saturated rings. The Kier molecular flexibility index (Phi) is 19.7. The van der Waals surface area contributed by atoms with Crippen molar-refractivity contribution in [3.05, 3.63) is 46.6 Å². The number of rotatable bonds is 14. The first-order valence-corrected chi connectivity index (χ1v) is 12.2. The molecule has 0 unspecified atom stereocenters. The van der Waals surface area contributed by atoms with Gasteiger partial charge in [0.05, 0.1) is 0 Å². The third-order valence-corrected chi connectivity index (χ3v) is 5.66. The smallest absolute Gasteiger partial charge is 0.250 e. The fraction of sp³-hybridized carbons (Fsp3) is 0.714. The molecule has 2 rings (SSSR count). The second-order valence-corrected chi connectivity index (χ2v) is 8.71. The van der Waals surface area contributed by atoms with Gasteiger partial charge in [-0.3, -0.25) is 0 Å². The Bertz CT molecular complexity index is 470. The van der Waals surface area contributed by atoms with Gasteiger partial charge in [-0.15, -0.1) is 0 Å². The molecule has 0 spiro atoms. The fourth-order valence-electron chi connectivity index (χ4n) is 3.83. The van der Waals surface area contributed by atoms with Crippen LogP contribution in [0.5, 0.6) is 0 Å². The standard InChI is InChI=1S/2C14H23.Zr/c2*1-3-4-5-6-7-8-9-14-11-10-13(2)12-14;/h2*11H,3-10H2,1-2H3;/q2*-1;+2. The SMILES string of the molecule is CCCCCCCCC1=CCC(C)=[C-]1.CCCCCCCCC1=CCC(C)=[C-]1.[Zr+2]. The molecule has 0 atom stereocenters. The Hall–Kier alpha value is -0.157. The van der Waals surface area contributed by atoms with Gasteiger partial charge in [-0.25, -0.2) is 35.5 Å². The van der Waals surface area contributed by atoms with E-state index in [2.05, 4.69) is 52.0 Å². The third kappa shape index (κ3) is 16.2. The predicted molar refractivity (Wildman–Crippen MR) is 126 cm³/mol. The Morgan fingerprint density at radius 2 is 0.931 bits per heavy atom. The molecule has 0 aromatic heterocycles. The van der Waals surface area contributed by atoms with Gasteiger partial charge in [0.2, 0.25) is 0 Å². The molecule has 0 N–H and O–H groups in total. The molecule has 2 aliphatic rings. The zero-order valence-corrected chi connectivity index (χ0v) is 22.4. The molecule has 0 bridgehead atoms. The molecule has 0 aliphatic heterocycles. The van der Waals surface area contributed by atoms with Gasteiger partial charge in [-0.2, -0.15) is 11.1 Å². The summed E-state index contributed by atoms with van der Waals surface area (Å²) in [5.74, 6) is 0. The van der Waals surface area contributed by atoms with Crippen molar-refractivity contribution in [2.75, 3.05) is 0 Å². The van der Waals surface area contributed by atoms with Crippen LogP contribution >= 0.6 is 0 Å². The maximum Gasteiger partial charge on any atom is 2.00 e. The van der Waals surface area contributed by atoms with Crippen molar-refractivity contribution in [3.8, 4) is 0 Å². The van der Waals surface area contributed by atoms with E-state index in [-0.39, 0.29) is 26.2 Å². The monoisotopic (exact) mass is 472 g/mol. The van der Waals surface area contributed by atoms with Gasteiger partial charge < -0.3 is 0 Å². The molecule has 2 aliphatic carbocycles. The molecule has 0 nitrogen and oxygen atoms in total. The Labute approximate surface area is 202 Å². The molecule has 0 amide bonds. The summed E-state index contributed by atoms with van der Waals surface area (Å²) in [5, 5.41) is 0. The van der Waals surface area contributed by atoms with E-state index >= 15 is 0 Å². The minimum atomic E-state index is 0. The molecule has 29 heavy (non-hydrogen) atoms. The van der Waals surface area contributed by atoms with Gasteiger partial charge in [0.25, 0.3) is 0 Å². The molecular formula is C28H46Zr. The Morgan fingerprint density at radius 1 is 0.586 bits per heavy atom. The van der Waals surface area contributed by atoms with E-state index in [1.807, 2.05) is 0 Å². The quantitative estimate of drug-likeness (QED) is 0.174. The first kappa shape index (κ1) is 28.8. The van der Waals surface area contributed by atoms with Gasteiger partial charge >= 0.3 is 26.2 Å². The van der Waals surface area contributed by atoms with E-state index in [1.54, 1.807) is 0 Å². The summed E-state index contributed by atoms with van der Waals surface area (Å²) in [4.78, 5) is 0. The minimum Gasteiger partial charge on any atom is -0.250 e. The molecule has 1 heteroatoms. The van der Waals surface area contributed by atoms with Crippen molar-refractivity contribution in [2.24, 2.45) is 0 Å². The maximum absolute atomic E-state index is 3.43. The summed E-state index contributed by atoms with van der Waals surface area (Å²) in [5.41, 5.74) is 5.73. The van der Waals surface area contributed by atoms with E-state index in [0.29, 0.717) is 0 Å². The minimum absolute atomic E-state index is 0. The second kappa shape index (κ2) is 19.8. The van der Waals surface area contributed by atoms with Crippen molar-refractivity contribution in [2.45, 2.75) is 130 Å². The van der Waals surface area contributed by atoms with Crippen LogP contribution < -0.4 is 0 Å². The Morgan fingerprint density at radius 3 is 1.24 bits per heavy atom. The third-order valence-electron chi connectivity index (χ3n) is 5.66. The second-order valence-electron chi connectivity index (χ2n) is 8.71. The van der Waals surface area contributed by atoms with Crippen LogP contribution in [0.2, 0.25) is 0 Å². The van der Waals surface area contributed by atoms with Crippen LogP contribution in [0, 0.1) is 12.2 Å². The molecule has 0 saturated carbocycles. The summed E-state index contributed by atoms with van der Waals surface area (Å²) in [6, 6.07) is 0. The molecular weight excluding hydrogens is 428 g/mol. The number of allylic oxidation sites excluding steroid dienone is 8. The Balaban J connectivity index is 0.000000523. The van der Waals surface area contributed by atoms with Crippen LogP contribution in [0.15, 0.2) is 34.4 Å². The van der Waals surface area contributed by atoms with E-state index in [9.17, 15) is 0 Å². The van der Waals surface area contributed by atoms with Gasteiger partial charge in [-0.05, 0) is 0 Å². The van der Waals surface area contributed by atoms with E-state index in [4.69, 9.17) is 0 Å². The summed E-state index contributed by atoms with van der Waals surface area (Å²) in [6.45, 7) is 8.88. The topological polar surface area (TPSA) is 0 Å². The van der Waals surface area contributed by atoms with Gasteiger partial charge in [-0.1, -0.05) is 130 Å². The predicted octanol–water partition coefficient (Wildman–Crippen LogP) is 9.63. The van der Waals surface area contributed by atoms with Crippen LogP contribution in [0.25, 0.3) is 0 Å². The van der Waals surface area contributed by atoms with Crippen LogP contribution in [-0.2, 0) is 26.2 Å². The van der Waals surface area contributed by atoms with Crippen molar-refractivity contribution in [3.63, 3.8) is 0 Å². The molecule has 0 heterocycles. The average Bonchev–Trinajstić information content (AvgIpc) is 3.29. The van der Waals surface area contributed by atoms with Crippen molar-refractivity contribution < 1.29 is 26.2 Å². The first-order valence-electron chi connectivity index (χ1n) is 12.2. The van der Waals surface area contributed by atoms with Crippen molar-refractivity contribution >= 4 is 0 Å². The van der Waals surface area contributed by atoms with E-state index in [1.165, 1.54) is 112 Å². The molecule has 0 aromatic carbocycles. The van der Waals surface area contributed by atoms with Crippen molar-refractivity contribution in [1.82, 2.24) is 0 Å². The number of unbranched alkanes of at least 4 members (excludes halogenated alkanes) is 10. The summed E-state index contributed by atoms with van der Waals surface area (Å²) < 4.78 is 0. The summed E-state index contributed by atoms with van der Waals surface area (Å²) in [6.07, 6.45) is 33.1. The molecule has 162 valence electrons. The van der Waals surface area contributed by atoms with E-state index < -0.39 is 0 Å². The molecule has 0 saturated heterocycles. The van der Waals surface area contributed by atoms with Gasteiger partial charge in [0, 0.05) is 0 Å². The maximum atomic E-state index is 3.43. The van der Waals surface area contributed by atoms with Crippen LogP contribution in [0.1, 0.15) is 130 Å². The van der Waals surface area contributed by atoms with Crippen LogP contribution in [-0.4, -0.2) is 0 Å².